The predicted molar refractivity (Wildman–Crippen MR) is 89.2 cm³/mol. The lowest BCUT2D eigenvalue weighted by atomic mass is 10.1. The molecule has 1 heterocycles. The summed E-state index contributed by atoms with van der Waals surface area (Å²) in [7, 11) is 0. The Kier molecular flexibility index (Phi) is 5.84. The monoisotopic (exact) mass is 318 g/mol. The van der Waals surface area contributed by atoms with Gasteiger partial charge >= 0.3 is 5.97 Å². The minimum Gasteiger partial charge on any atom is -0.507 e. The molecule has 3 nitrogen and oxygen atoms in total. The summed E-state index contributed by atoms with van der Waals surface area (Å²) in [4.78, 5) is 12.3. The van der Waals surface area contributed by atoms with Gasteiger partial charge in [-0.3, -0.25) is 0 Å². The maximum Gasteiger partial charge on any atom is 0.342 e. The maximum atomic E-state index is 12.3. The summed E-state index contributed by atoms with van der Waals surface area (Å²) in [5.41, 5.74) is 0.571. The minimum atomic E-state index is -0.568. The quantitative estimate of drug-likeness (QED) is 0.546. The fourth-order valence-corrected chi connectivity index (χ4v) is 2.40. The molecule has 116 valence electrons. The summed E-state index contributed by atoms with van der Waals surface area (Å²) < 4.78 is 5.40. The largest absolute Gasteiger partial charge is 0.507 e. The van der Waals surface area contributed by atoms with Crippen molar-refractivity contribution in [1.82, 2.24) is 0 Å². The van der Waals surface area contributed by atoms with Crippen molar-refractivity contribution in [2.24, 2.45) is 0 Å². The first-order valence-electron chi connectivity index (χ1n) is 7.30. The van der Waals surface area contributed by atoms with Gasteiger partial charge in [-0.05, 0) is 31.9 Å². The van der Waals surface area contributed by atoms with Gasteiger partial charge < -0.3 is 9.84 Å². The van der Waals surface area contributed by atoms with Crippen LogP contribution in [0.5, 0.6) is 5.75 Å². The fraction of sp³-hybridized carbons (Fsp3) is 0.278. The number of rotatable bonds is 0. The molecular formula is C18H19ClO3. The van der Waals surface area contributed by atoms with Crippen LogP contribution in [-0.2, 0) is 4.74 Å². The number of benzene rings is 1. The van der Waals surface area contributed by atoms with Gasteiger partial charge in [0.15, 0.2) is 0 Å². The third kappa shape index (κ3) is 4.25. The zero-order valence-electron chi connectivity index (χ0n) is 12.5. The smallest absolute Gasteiger partial charge is 0.342 e. The van der Waals surface area contributed by atoms with E-state index in [4.69, 9.17) is 16.3 Å². The molecule has 0 bridgehead atoms. The van der Waals surface area contributed by atoms with Gasteiger partial charge in [0, 0.05) is 17.0 Å². The van der Waals surface area contributed by atoms with Gasteiger partial charge in [-0.1, -0.05) is 48.1 Å². The molecule has 1 atom stereocenters. The lowest BCUT2D eigenvalue weighted by Crippen LogP contribution is -2.15. The molecule has 0 unspecified atom stereocenters. The average molecular weight is 319 g/mol. The SMILES string of the molecule is C[C@@H]1C/C=C/CC/C=C/C=C/c2c(Cl)ccc(O)c2C(=O)O1. The first-order chi connectivity index (χ1) is 10.6. The van der Waals surface area contributed by atoms with Gasteiger partial charge in [-0.2, -0.15) is 0 Å². The number of fused-ring (bicyclic) bond motifs is 1. The summed E-state index contributed by atoms with van der Waals surface area (Å²) in [6, 6.07) is 2.96. The second kappa shape index (κ2) is 7.85. The van der Waals surface area contributed by atoms with E-state index < -0.39 is 5.97 Å². The lowest BCUT2D eigenvalue weighted by molar-refractivity contribution is 0.0344. The lowest BCUT2D eigenvalue weighted by Gasteiger charge is -2.14. The molecule has 0 aromatic heterocycles. The molecule has 0 fully saturated rings. The van der Waals surface area contributed by atoms with Crippen molar-refractivity contribution < 1.29 is 14.6 Å². The zero-order chi connectivity index (χ0) is 15.9. The van der Waals surface area contributed by atoms with E-state index in [1.54, 1.807) is 18.2 Å². The highest BCUT2D eigenvalue weighted by molar-refractivity contribution is 6.32. The Balaban J connectivity index is 2.43. The Morgan fingerprint density at radius 3 is 2.77 bits per heavy atom. The highest BCUT2D eigenvalue weighted by Crippen LogP contribution is 2.30. The molecule has 1 aliphatic heterocycles. The topological polar surface area (TPSA) is 46.5 Å². The third-order valence-corrected chi connectivity index (χ3v) is 3.66. The van der Waals surface area contributed by atoms with Gasteiger partial charge in [0.2, 0.25) is 0 Å². The van der Waals surface area contributed by atoms with Crippen LogP contribution in [0.2, 0.25) is 5.02 Å². The number of allylic oxidation sites excluding steroid dienone is 4. The first kappa shape index (κ1) is 16.4. The molecule has 1 N–H and O–H groups in total. The summed E-state index contributed by atoms with van der Waals surface area (Å²) in [5.74, 6) is -0.700. The molecule has 0 spiro atoms. The minimum absolute atomic E-state index is 0.102. The van der Waals surface area contributed by atoms with Crippen molar-refractivity contribution >= 4 is 23.6 Å². The zero-order valence-corrected chi connectivity index (χ0v) is 13.2. The van der Waals surface area contributed by atoms with Crippen LogP contribution in [-0.4, -0.2) is 17.2 Å². The van der Waals surface area contributed by atoms with Crippen molar-refractivity contribution in [2.45, 2.75) is 32.3 Å². The summed E-state index contributed by atoms with van der Waals surface area (Å²) in [6.07, 6.45) is 13.8. The van der Waals surface area contributed by atoms with E-state index in [9.17, 15) is 9.90 Å². The highest BCUT2D eigenvalue weighted by Gasteiger charge is 2.20. The standard InChI is InChI=1S/C18H19ClO3/c1-13-9-7-5-3-2-4-6-8-10-14-15(19)11-12-16(20)17(14)18(21)22-13/h4-8,10-13,20H,2-3,9H2,1H3/b6-4+,7-5+,10-8+/t13-/m1/s1. The second-order valence-electron chi connectivity index (χ2n) is 5.14. The molecule has 1 aromatic rings. The van der Waals surface area contributed by atoms with E-state index in [2.05, 4.69) is 6.08 Å². The van der Waals surface area contributed by atoms with E-state index in [1.165, 1.54) is 6.07 Å². The van der Waals surface area contributed by atoms with Crippen molar-refractivity contribution in [1.29, 1.82) is 0 Å². The Hall–Kier alpha value is -2.00. The molecular weight excluding hydrogens is 300 g/mol. The molecule has 0 amide bonds. The van der Waals surface area contributed by atoms with Crippen molar-refractivity contribution in [3.05, 3.63) is 58.7 Å². The van der Waals surface area contributed by atoms with Crippen molar-refractivity contribution in [2.75, 3.05) is 0 Å². The van der Waals surface area contributed by atoms with E-state index in [0.717, 1.165) is 12.8 Å². The van der Waals surface area contributed by atoms with E-state index in [1.807, 2.05) is 25.2 Å². The molecule has 0 saturated carbocycles. The Labute approximate surface area is 135 Å². The number of esters is 1. The molecule has 0 radical (unpaired) electrons. The molecule has 22 heavy (non-hydrogen) atoms. The van der Waals surface area contributed by atoms with E-state index >= 15 is 0 Å². The predicted octanol–water partition coefficient (Wildman–Crippen LogP) is 4.90. The van der Waals surface area contributed by atoms with Gasteiger partial charge in [-0.25, -0.2) is 4.79 Å². The number of hydrogen-bond donors (Lipinski definition) is 1. The van der Waals surface area contributed by atoms with Crippen molar-refractivity contribution in [3.8, 4) is 5.75 Å². The highest BCUT2D eigenvalue weighted by atomic mass is 35.5. The number of phenolic OH excluding ortho intramolecular Hbond substituents is 1. The summed E-state index contributed by atoms with van der Waals surface area (Å²) in [6.45, 7) is 1.82. The molecule has 2 rings (SSSR count). The number of halogens is 1. The fourth-order valence-electron chi connectivity index (χ4n) is 2.17. The molecule has 4 heteroatoms. The first-order valence-corrected chi connectivity index (χ1v) is 7.68. The van der Waals surface area contributed by atoms with Crippen molar-refractivity contribution in [3.63, 3.8) is 0 Å². The van der Waals surface area contributed by atoms with E-state index in [-0.39, 0.29) is 17.4 Å². The maximum absolute atomic E-state index is 12.3. The van der Waals surface area contributed by atoms with Crippen LogP contribution in [0.15, 0.2) is 42.5 Å². The van der Waals surface area contributed by atoms with Crippen LogP contribution in [0.4, 0.5) is 0 Å². The van der Waals surface area contributed by atoms with Crippen LogP contribution in [0.3, 0.4) is 0 Å². The van der Waals surface area contributed by atoms with Crippen LogP contribution < -0.4 is 0 Å². The number of hydrogen-bond acceptors (Lipinski definition) is 3. The average Bonchev–Trinajstić information content (AvgIpc) is 2.47. The number of phenols is 1. The molecule has 0 saturated heterocycles. The van der Waals surface area contributed by atoms with Gasteiger partial charge in [-0.15, -0.1) is 0 Å². The van der Waals surface area contributed by atoms with Gasteiger partial charge in [0.05, 0.1) is 0 Å². The third-order valence-electron chi connectivity index (χ3n) is 3.33. The second-order valence-corrected chi connectivity index (χ2v) is 5.55. The van der Waals surface area contributed by atoms with Crippen LogP contribution in [0.1, 0.15) is 42.1 Å². The van der Waals surface area contributed by atoms with Crippen LogP contribution in [0.25, 0.3) is 6.08 Å². The number of cyclic esters (lactones) is 1. The Morgan fingerprint density at radius 1 is 1.18 bits per heavy atom. The number of aromatic hydroxyl groups is 1. The molecule has 1 aromatic carbocycles. The van der Waals surface area contributed by atoms with Gasteiger partial charge in [0.25, 0.3) is 0 Å². The summed E-state index contributed by atoms with van der Waals surface area (Å²) in [5, 5.41) is 10.4. The summed E-state index contributed by atoms with van der Waals surface area (Å²) >= 11 is 6.16. The normalized spacial score (nSPS) is 23.7. The Morgan fingerprint density at radius 2 is 1.95 bits per heavy atom. The Bertz CT molecular complexity index is 629. The number of carbonyl (C=O) groups is 1. The molecule has 0 aliphatic carbocycles. The molecule has 1 aliphatic rings. The number of carbonyl (C=O) groups excluding carboxylic acids is 1. The van der Waals surface area contributed by atoms with Crippen LogP contribution in [0, 0.1) is 0 Å². The van der Waals surface area contributed by atoms with Crippen LogP contribution >= 0.6 is 11.6 Å². The number of ether oxygens (including phenoxy) is 1. The van der Waals surface area contributed by atoms with Gasteiger partial charge in [0.1, 0.15) is 17.4 Å². The van der Waals surface area contributed by atoms with E-state index in [0.29, 0.717) is 17.0 Å².